The lowest BCUT2D eigenvalue weighted by molar-refractivity contribution is -0.120. The summed E-state index contributed by atoms with van der Waals surface area (Å²) in [5.41, 5.74) is 10.6. The number of rotatable bonds is 7. The maximum absolute atomic E-state index is 11.5. The lowest BCUT2D eigenvalue weighted by atomic mass is 9.82. The van der Waals surface area contributed by atoms with E-state index in [1.165, 1.54) is 6.92 Å². The molecule has 2 rings (SSSR count). The van der Waals surface area contributed by atoms with Gasteiger partial charge in [-0.15, -0.1) is 0 Å². The number of carbonyl (C=O) groups excluding carboxylic acids is 1. The first-order chi connectivity index (χ1) is 11.6. The molecule has 1 aliphatic carbocycles. The summed E-state index contributed by atoms with van der Waals surface area (Å²) in [4.78, 5) is 14.4. The van der Waals surface area contributed by atoms with Crippen LogP contribution in [0.4, 0.5) is 0 Å². The molecule has 1 aromatic carbocycles. The number of nitrogens with one attached hydrogen (secondary N) is 1. The number of azide groups is 1. The van der Waals surface area contributed by atoms with E-state index in [2.05, 4.69) is 15.3 Å². The van der Waals surface area contributed by atoms with Crippen molar-refractivity contribution in [2.75, 3.05) is 13.2 Å². The average molecular weight is 330 g/mol. The molecular formula is C17H22N4O3. The first-order valence-electron chi connectivity index (χ1n) is 7.87. The van der Waals surface area contributed by atoms with E-state index in [9.17, 15) is 9.90 Å². The van der Waals surface area contributed by atoms with E-state index < -0.39 is 6.04 Å². The van der Waals surface area contributed by atoms with Crippen LogP contribution < -0.4 is 5.32 Å². The SMILES string of the molecule is CC(=O)N[C@H]1[C@H](COCc2ccccc2)CC(CO)=C[C@@H]1N=[N+]=[N-]. The summed E-state index contributed by atoms with van der Waals surface area (Å²) >= 11 is 0. The van der Waals surface area contributed by atoms with Crippen LogP contribution in [0.1, 0.15) is 18.9 Å². The molecule has 0 aromatic heterocycles. The molecule has 0 saturated carbocycles. The van der Waals surface area contributed by atoms with Gasteiger partial charge in [0.15, 0.2) is 0 Å². The number of aliphatic hydroxyl groups excluding tert-OH is 1. The highest BCUT2D eigenvalue weighted by Gasteiger charge is 2.33. The molecule has 2 N–H and O–H groups in total. The summed E-state index contributed by atoms with van der Waals surface area (Å²) in [6.07, 6.45) is 2.32. The van der Waals surface area contributed by atoms with E-state index in [1.807, 2.05) is 30.3 Å². The highest BCUT2D eigenvalue weighted by atomic mass is 16.5. The Labute approximate surface area is 141 Å². The van der Waals surface area contributed by atoms with E-state index in [1.54, 1.807) is 6.08 Å². The van der Waals surface area contributed by atoms with Crippen molar-refractivity contribution in [3.05, 3.63) is 58.0 Å². The minimum atomic E-state index is -0.528. The third-order valence-corrected chi connectivity index (χ3v) is 4.01. The van der Waals surface area contributed by atoms with Crippen LogP contribution in [0.15, 0.2) is 47.1 Å². The molecule has 1 aliphatic rings. The van der Waals surface area contributed by atoms with Crippen LogP contribution in [0.3, 0.4) is 0 Å². The summed E-state index contributed by atoms with van der Waals surface area (Å²) in [6, 6.07) is 8.93. The summed E-state index contributed by atoms with van der Waals surface area (Å²) in [7, 11) is 0. The van der Waals surface area contributed by atoms with E-state index in [4.69, 9.17) is 10.3 Å². The Bertz CT molecular complexity index is 626. The van der Waals surface area contributed by atoms with E-state index in [0.29, 0.717) is 19.6 Å². The van der Waals surface area contributed by atoms with Crippen molar-refractivity contribution in [3.8, 4) is 0 Å². The average Bonchev–Trinajstić information content (AvgIpc) is 2.58. The van der Waals surface area contributed by atoms with Crippen LogP contribution >= 0.6 is 0 Å². The van der Waals surface area contributed by atoms with Gasteiger partial charge in [-0.25, -0.2) is 0 Å². The molecule has 0 spiro atoms. The topological polar surface area (TPSA) is 107 Å². The van der Waals surface area contributed by atoms with E-state index >= 15 is 0 Å². The molecule has 7 heteroatoms. The second-order valence-corrected chi connectivity index (χ2v) is 5.87. The van der Waals surface area contributed by atoms with Crippen LogP contribution in [-0.4, -0.2) is 36.3 Å². The van der Waals surface area contributed by atoms with Gasteiger partial charge in [0, 0.05) is 23.8 Å². The van der Waals surface area contributed by atoms with Crippen LogP contribution in [-0.2, 0) is 16.1 Å². The third-order valence-electron chi connectivity index (χ3n) is 4.01. The standard InChI is InChI=1S/C17H22N4O3/c1-12(23)19-17-15(7-14(9-22)8-16(17)20-21-18)11-24-10-13-5-3-2-4-6-13/h2-6,8,15-17,22H,7,9-11H2,1H3,(H,19,23)/t15-,16-,17-/m0/s1. The fraction of sp³-hybridized carbons (Fsp3) is 0.471. The fourth-order valence-corrected chi connectivity index (χ4v) is 2.94. The number of nitrogens with zero attached hydrogens (tertiary/aromatic N) is 3. The zero-order valence-electron chi connectivity index (χ0n) is 13.6. The van der Waals surface area contributed by atoms with Gasteiger partial charge in [0.25, 0.3) is 0 Å². The summed E-state index contributed by atoms with van der Waals surface area (Å²) in [5.74, 6) is -0.257. The molecule has 0 saturated heterocycles. The molecule has 3 atom stereocenters. The second-order valence-electron chi connectivity index (χ2n) is 5.87. The number of aliphatic hydroxyl groups is 1. The van der Waals surface area contributed by atoms with Crippen molar-refractivity contribution in [1.29, 1.82) is 0 Å². The monoisotopic (exact) mass is 330 g/mol. The van der Waals surface area contributed by atoms with Crippen LogP contribution in [0.5, 0.6) is 0 Å². The van der Waals surface area contributed by atoms with Gasteiger partial charge in [0.05, 0.1) is 25.9 Å². The van der Waals surface area contributed by atoms with Gasteiger partial charge >= 0.3 is 0 Å². The molecule has 7 nitrogen and oxygen atoms in total. The summed E-state index contributed by atoms with van der Waals surface area (Å²) in [5, 5.41) is 16.0. The van der Waals surface area contributed by atoms with Gasteiger partial charge in [0.1, 0.15) is 0 Å². The van der Waals surface area contributed by atoms with Crippen LogP contribution in [0, 0.1) is 5.92 Å². The van der Waals surface area contributed by atoms with Gasteiger partial charge in [-0.05, 0) is 23.1 Å². The predicted molar refractivity (Wildman–Crippen MR) is 89.9 cm³/mol. The predicted octanol–water partition coefficient (Wildman–Crippen LogP) is 2.33. The Morgan fingerprint density at radius 1 is 1.46 bits per heavy atom. The summed E-state index contributed by atoms with van der Waals surface area (Å²) < 4.78 is 5.80. The number of ether oxygens (including phenoxy) is 1. The maximum Gasteiger partial charge on any atom is 0.217 e. The smallest absolute Gasteiger partial charge is 0.217 e. The van der Waals surface area contributed by atoms with Gasteiger partial charge in [-0.1, -0.05) is 41.5 Å². The van der Waals surface area contributed by atoms with Crippen molar-refractivity contribution < 1.29 is 14.6 Å². The normalized spacial score (nSPS) is 23.1. The Kier molecular flexibility index (Phi) is 6.81. The van der Waals surface area contributed by atoms with Gasteiger partial charge in [0.2, 0.25) is 5.91 Å². The second kappa shape index (κ2) is 9.08. The van der Waals surface area contributed by atoms with Crippen LogP contribution in [0.25, 0.3) is 10.4 Å². The van der Waals surface area contributed by atoms with Gasteiger partial charge < -0.3 is 15.2 Å². The molecule has 128 valence electrons. The van der Waals surface area contributed by atoms with Crippen LogP contribution in [0.2, 0.25) is 0 Å². The lowest BCUT2D eigenvalue weighted by Gasteiger charge is -2.35. The highest BCUT2D eigenvalue weighted by Crippen LogP contribution is 2.27. The molecule has 0 fully saturated rings. The lowest BCUT2D eigenvalue weighted by Crippen LogP contribution is -2.49. The minimum absolute atomic E-state index is 0.0692. The maximum atomic E-state index is 11.5. The van der Waals surface area contributed by atoms with E-state index in [-0.39, 0.29) is 24.5 Å². The number of amides is 1. The number of carbonyl (C=O) groups is 1. The minimum Gasteiger partial charge on any atom is -0.392 e. The largest absolute Gasteiger partial charge is 0.392 e. The Morgan fingerprint density at radius 2 is 2.21 bits per heavy atom. The Morgan fingerprint density at radius 3 is 2.83 bits per heavy atom. The number of benzene rings is 1. The summed E-state index contributed by atoms with van der Waals surface area (Å²) in [6.45, 7) is 2.20. The molecule has 24 heavy (non-hydrogen) atoms. The Hall–Kier alpha value is -2.34. The molecule has 0 unspecified atom stereocenters. The third kappa shape index (κ3) is 5.09. The van der Waals surface area contributed by atoms with Gasteiger partial charge in [-0.2, -0.15) is 0 Å². The molecule has 0 bridgehead atoms. The number of hydrogen-bond acceptors (Lipinski definition) is 4. The van der Waals surface area contributed by atoms with Crippen molar-refractivity contribution in [3.63, 3.8) is 0 Å². The zero-order chi connectivity index (χ0) is 17.4. The number of hydrogen-bond donors (Lipinski definition) is 2. The molecule has 1 aromatic rings. The highest BCUT2D eigenvalue weighted by molar-refractivity contribution is 5.73. The Balaban J connectivity index is 2.07. The quantitative estimate of drug-likeness (QED) is 0.347. The van der Waals surface area contributed by atoms with Crippen molar-refractivity contribution in [2.24, 2.45) is 11.0 Å². The molecular weight excluding hydrogens is 308 g/mol. The van der Waals surface area contributed by atoms with Crippen molar-refractivity contribution in [2.45, 2.75) is 32.0 Å². The molecule has 0 aliphatic heterocycles. The fourth-order valence-electron chi connectivity index (χ4n) is 2.94. The molecule has 0 radical (unpaired) electrons. The first kappa shape index (κ1) is 18.0. The van der Waals surface area contributed by atoms with E-state index in [0.717, 1.165) is 11.1 Å². The van der Waals surface area contributed by atoms with Crippen molar-refractivity contribution in [1.82, 2.24) is 5.32 Å². The zero-order valence-corrected chi connectivity index (χ0v) is 13.6. The molecule has 0 heterocycles. The van der Waals surface area contributed by atoms with Gasteiger partial charge in [-0.3, -0.25) is 4.79 Å². The first-order valence-corrected chi connectivity index (χ1v) is 7.87. The van der Waals surface area contributed by atoms with Crippen molar-refractivity contribution >= 4 is 5.91 Å². The molecule has 1 amide bonds.